The van der Waals surface area contributed by atoms with Crippen LogP contribution in [0.1, 0.15) is 32.6 Å². The highest BCUT2D eigenvalue weighted by atomic mass is 14.2. The molecule has 0 spiro atoms. The van der Waals surface area contributed by atoms with Crippen LogP contribution in [0.2, 0.25) is 0 Å². The van der Waals surface area contributed by atoms with E-state index in [1.54, 1.807) is 11.1 Å². The Morgan fingerprint density at radius 3 is 3.20 bits per heavy atom. The lowest BCUT2D eigenvalue weighted by atomic mass is 9.86. The topological polar surface area (TPSA) is 0 Å². The SMILES string of the molecule is C[C@@H]1CCCC2=C1C=CC2. The summed E-state index contributed by atoms with van der Waals surface area (Å²) in [5, 5.41) is 0. The molecule has 0 saturated carbocycles. The molecule has 10 heavy (non-hydrogen) atoms. The summed E-state index contributed by atoms with van der Waals surface area (Å²) in [5.74, 6) is 0.850. The minimum atomic E-state index is 0.850. The Bertz CT molecular complexity index is 196. The van der Waals surface area contributed by atoms with Crippen molar-refractivity contribution in [3.63, 3.8) is 0 Å². The average Bonchev–Trinajstić information content (AvgIpc) is 2.36. The van der Waals surface area contributed by atoms with Crippen LogP contribution in [0.4, 0.5) is 0 Å². The van der Waals surface area contributed by atoms with E-state index < -0.39 is 0 Å². The Hall–Kier alpha value is -0.520. The Balaban J connectivity index is 2.29. The molecule has 0 aromatic heterocycles. The quantitative estimate of drug-likeness (QED) is 0.477. The highest BCUT2D eigenvalue weighted by molar-refractivity contribution is 5.36. The molecule has 0 heterocycles. The van der Waals surface area contributed by atoms with Crippen molar-refractivity contribution < 1.29 is 0 Å². The monoisotopic (exact) mass is 134 g/mol. The largest absolute Gasteiger partial charge is 0.0802 e. The molecular formula is C10H14. The molecule has 0 unspecified atom stereocenters. The maximum atomic E-state index is 2.35. The Morgan fingerprint density at radius 2 is 2.40 bits per heavy atom. The van der Waals surface area contributed by atoms with E-state index in [4.69, 9.17) is 0 Å². The van der Waals surface area contributed by atoms with Crippen LogP contribution in [0, 0.1) is 5.92 Å². The highest BCUT2D eigenvalue weighted by Gasteiger charge is 2.18. The van der Waals surface area contributed by atoms with E-state index in [1.807, 2.05) is 0 Å². The van der Waals surface area contributed by atoms with Gasteiger partial charge in [0.2, 0.25) is 0 Å². The van der Waals surface area contributed by atoms with Gasteiger partial charge in [-0.2, -0.15) is 0 Å². The van der Waals surface area contributed by atoms with Gasteiger partial charge in [-0.05, 0) is 37.2 Å². The molecule has 2 aliphatic carbocycles. The van der Waals surface area contributed by atoms with Crippen LogP contribution < -0.4 is 0 Å². The summed E-state index contributed by atoms with van der Waals surface area (Å²) in [4.78, 5) is 0. The minimum Gasteiger partial charge on any atom is -0.0802 e. The van der Waals surface area contributed by atoms with Gasteiger partial charge in [0.15, 0.2) is 0 Å². The number of hydrogen-bond donors (Lipinski definition) is 0. The molecule has 0 bridgehead atoms. The second-order valence-electron chi connectivity index (χ2n) is 3.46. The van der Waals surface area contributed by atoms with Crippen LogP contribution in [0.3, 0.4) is 0 Å². The van der Waals surface area contributed by atoms with Crippen molar-refractivity contribution in [2.45, 2.75) is 32.6 Å². The van der Waals surface area contributed by atoms with Crippen molar-refractivity contribution in [1.82, 2.24) is 0 Å². The first kappa shape index (κ1) is 6.21. The van der Waals surface area contributed by atoms with E-state index in [1.165, 1.54) is 25.7 Å². The van der Waals surface area contributed by atoms with Gasteiger partial charge in [0.05, 0.1) is 0 Å². The van der Waals surface area contributed by atoms with E-state index in [0.717, 1.165) is 5.92 Å². The maximum absolute atomic E-state index is 2.35. The van der Waals surface area contributed by atoms with Crippen molar-refractivity contribution in [1.29, 1.82) is 0 Å². The molecule has 1 atom stereocenters. The van der Waals surface area contributed by atoms with Crippen LogP contribution in [0.25, 0.3) is 0 Å². The van der Waals surface area contributed by atoms with Crippen LogP contribution >= 0.6 is 0 Å². The number of hydrogen-bond acceptors (Lipinski definition) is 0. The Labute approximate surface area is 62.6 Å². The predicted molar refractivity (Wildman–Crippen MR) is 43.8 cm³/mol. The van der Waals surface area contributed by atoms with E-state index in [0.29, 0.717) is 0 Å². The van der Waals surface area contributed by atoms with E-state index in [9.17, 15) is 0 Å². The molecule has 2 rings (SSSR count). The third kappa shape index (κ3) is 0.828. The van der Waals surface area contributed by atoms with Gasteiger partial charge < -0.3 is 0 Å². The van der Waals surface area contributed by atoms with Crippen molar-refractivity contribution in [2.24, 2.45) is 5.92 Å². The number of rotatable bonds is 0. The molecule has 0 radical (unpaired) electrons. The van der Waals surface area contributed by atoms with Gasteiger partial charge in [-0.25, -0.2) is 0 Å². The van der Waals surface area contributed by atoms with Crippen LogP contribution in [-0.2, 0) is 0 Å². The fourth-order valence-corrected chi connectivity index (χ4v) is 2.10. The van der Waals surface area contributed by atoms with Gasteiger partial charge in [-0.15, -0.1) is 0 Å². The molecule has 0 heteroatoms. The molecule has 0 aromatic carbocycles. The van der Waals surface area contributed by atoms with Crippen molar-refractivity contribution in [2.75, 3.05) is 0 Å². The minimum absolute atomic E-state index is 0.850. The zero-order valence-electron chi connectivity index (χ0n) is 6.56. The third-order valence-electron chi connectivity index (χ3n) is 2.72. The Morgan fingerprint density at radius 1 is 1.50 bits per heavy atom. The molecule has 0 N–H and O–H groups in total. The van der Waals surface area contributed by atoms with Crippen molar-refractivity contribution in [3.8, 4) is 0 Å². The molecule has 0 aromatic rings. The van der Waals surface area contributed by atoms with Gasteiger partial charge in [0.1, 0.15) is 0 Å². The van der Waals surface area contributed by atoms with Gasteiger partial charge >= 0.3 is 0 Å². The first-order valence-electron chi connectivity index (χ1n) is 4.26. The molecular weight excluding hydrogens is 120 g/mol. The summed E-state index contributed by atoms with van der Waals surface area (Å²) in [7, 11) is 0. The van der Waals surface area contributed by atoms with Crippen LogP contribution in [0.15, 0.2) is 23.3 Å². The first-order chi connectivity index (χ1) is 4.88. The lowest BCUT2D eigenvalue weighted by Crippen LogP contribution is -2.04. The fraction of sp³-hybridized carbons (Fsp3) is 0.600. The van der Waals surface area contributed by atoms with E-state index >= 15 is 0 Å². The Kier molecular flexibility index (Phi) is 1.40. The molecule has 0 nitrogen and oxygen atoms in total. The summed E-state index contributed by atoms with van der Waals surface area (Å²) >= 11 is 0. The smallest absolute Gasteiger partial charge is 0.0130 e. The summed E-state index contributed by atoms with van der Waals surface area (Å²) in [6, 6.07) is 0. The average molecular weight is 134 g/mol. The lowest BCUT2D eigenvalue weighted by Gasteiger charge is -2.20. The normalized spacial score (nSPS) is 31.1. The maximum Gasteiger partial charge on any atom is -0.0130 e. The lowest BCUT2D eigenvalue weighted by molar-refractivity contribution is 0.547. The summed E-state index contributed by atoms with van der Waals surface area (Å²) in [6.07, 6.45) is 10.1. The summed E-state index contributed by atoms with van der Waals surface area (Å²) in [6.45, 7) is 2.35. The fourth-order valence-electron chi connectivity index (χ4n) is 2.10. The van der Waals surface area contributed by atoms with Crippen LogP contribution in [-0.4, -0.2) is 0 Å². The summed E-state index contributed by atoms with van der Waals surface area (Å²) < 4.78 is 0. The zero-order valence-corrected chi connectivity index (χ0v) is 6.56. The molecule has 0 saturated heterocycles. The summed E-state index contributed by atoms with van der Waals surface area (Å²) in [5.41, 5.74) is 3.38. The van der Waals surface area contributed by atoms with Gasteiger partial charge in [-0.1, -0.05) is 24.6 Å². The predicted octanol–water partition coefficient (Wildman–Crippen LogP) is 3.06. The van der Waals surface area contributed by atoms with Gasteiger partial charge in [0, 0.05) is 0 Å². The highest BCUT2D eigenvalue weighted by Crippen LogP contribution is 2.35. The third-order valence-corrected chi connectivity index (χ3v) is 2.72. The molecule has 2 aliphatic rings. The molecule has 0 aliphatic heterocycles. The molecule has 54 valence electrons. The molecule has 0 amide bonds. The van der Waals surface area contributed by atoms with E-state index in [2.05, 4.69) is 19.1 Å². The second-order valence-corrected chi connectivity index (χ2v) is 3.46. The van der Waals surface area contributed by atoms with Crippen LogP contribution in [0.5, 0.6) is 0 Å². The van der Waals surface area contributed by atoms with Gasteiger partial charge in [-0.3, -0.25) is 0 Å². The van der Waals surface area contributed by atoms with Crippen molar-refractivity contribution >= 4 is 0 Å². The standard InChI is InChI=1S/C10H14/c1-8-4-2-5-9-6-3-7-10(8)9/h3,7-8H,2,4-6H2,1H3/t8-/m1/s1. The zero-order chi connectivity index (χ0) is 6.97. The van der Waals surface area contributed by atoms with E-state index in [-0.39, 0.29) is 0 Å². The van der Waals surface area contributed by atoms with Crippen molar-refractivity contribution in [3.05, 3.63) is 23.3 Å². The van der Waals surface area contributed by atoms with Gasteiger partial charge in [0.25, 0.3) is 0 Å². The number of allylic oxidation sites excluding steroid dienone is 4. The molecule has 0 fully saturated rings. The second kappa shape index (κ2) is 2.26. The first-order valence-corrected chi connectivity index (χ1v) is 4.26.